The van der Waals surface area contributed by atoms with E-state index >= 15 is 0 Å². The van der Waals surface area contributed by atoms with Crippen molar-refractivity contribution in [1.29, 1.82) is 0 Å². The van der Waals surface area contributed by atoms with Crippen molar-refractivity contribution in [3.05, 3.63) is 12.2 Å². The minimum absolute atomic E-state index is 0.0417. The lowest BCUT2D eigenvalue weighted by Crippen LogP contribution is -2.41. The molecule has 0 fully saturated rings. The number of hydrogen-bond donors (Lipinski definition) is 1. The van der Waals surface area contributed by atoms with E-state index in [1.807, 2.05) is 27.7 Å². The standard InChI is InChI=1S/C9H17NO/c1-6-7(2)8(11)10-9(3,4)5/h2,6H2,1,3-5H3,(H,10,11). The average Bonchev–Trinajstić information content (AvgIpc) is 1.82. The van der Waals surface area contributed by atoms with Gasteiger partial charge in [0.15, 0.2) is 0 Å². The van der Waals surface area contributed by atoms with E-state index in [1.54, 1.807) is 0 Å². The SMILES string of the molecule is C=C(CC)C(=O)NC(C)(C)C. The predicted octanol–water partition coefficient (Wildman–Crippen LogP) is 1.87. The third-order valence-electron chi connectivity index (χ3n) is 1.24. The molecule has 0 saturated carbocycles. The summed E-state index contributed by atoms with van der Waals surface area (Å²) in [6.07, 6.45) is 0.710. The zero-order valence-corrected chi connectivity index (χ0v) is 7.82. The maximum atomic E-state index is 11.2. The molecule has 0 atom stereocenters. The number of carbonyl (C=O) groups excluding carboxylic acids is 1. The number of nitrogens with one attached hydrogen (secondary N) is 1. The monoisotopic (exact) mass is 155 g/mol. The van der Waals surface area contributed by atoms with Crippen molar-refractivity contribution >= 4 is 5.91 Å². The van der Waals surface area contributed by atoms with E-state index in [0.717, 1.165) is 0 Å². The Kier molecular flexibility index (Phi) is 3.30. The van der Waals surface area contributed by atoms with Crippen LogP contribution in [0.5, 0.6) is 0 Å². The molecule has 0 aliphatic rings. The summed E-state index contributed by atoms with van der Waals surface area (Å²) in [4.78, 5) is 11.2. The molecule has 2 nitrogen and oxygen atoms in total. The normalized spacial score (nSPS) is 10.9. The quantitative estimate of drug-likeness (QED) is 0.606. The molecule has 0 spiro atoms. The van der Waals surface area contributed by atoms with Crippen LogP contribution in [0.4, 0.5) is 0 Å². The van der Waals surface area contributed by atoms with Crippen LogP contribution in [0.2, 0.25) is 0 Å². The second-order valence-electron chi connectivity index (χ2n) is 3.66. The molecule has 1 amide bonds. The van der Waals surface area contributed by atoms with Crippen molar-refractivity contribution < 1.29 is 4.79 Å². The van der Waals surface area contributed by atoms with Gasteiger partial charge in [0.1, 0.15) is 0 Å². The van der Waals surface area contributed by atoms with Crippen LogP contribution in [0.15, 0.2) is 12.2 Å². The number of amides is 1. The first-order chi connectivity index (χ1) is 4.87. The van der Waals surface area contributed by atoms with Gasteiger partial charge >= 0.3 is 0 Å². The summed E-state index contributed by atoms with van der Waals surface area (Å²) in [5, 5.41) is 2.83. The van der Waals surface area contributed by atoms with Gasteiger partial charge < -0.3 is 5.32 Å². The van der Waals surface area contributed by atoms with Gasteiger partial charge in [0.05, 0.1) is 0 Å². The molecule has 0 aliphatic heterocycles. The van der Waals surface area contributed by atoms with E-state index in [0.29, 0.717) is 12.0 Å². The molecule has 2 heteroatoms. The van der Waals surface area contributed by atoms with Crippen LogP contribution in [-0.4, -0.2) is 11.4 Å². The Balaban J connectivity index is 3.99. The minimum atomic E-state index is -0.158. The molecule has 0 aromatic heterocycles. The molecule has 1 N–H and O–H groups in total. The van der Waals surface area contributed by atoms with E-state index in [1.165, 1.54) is 0 Å². The van der Waals surface area contributed by atoms with Crippen molar-refractivity contribution in [3.8, 4) is 0 Å². The molecule has 0 heterocycles. The molecule has 0 bridgehead atoms. The van der Waals surface area contributed by atoms with E-state index in [2.05, 4.69) is 11.9 Å². The highest BCUT2D eigenvalue weighted by molar-refractivity contribution is 5.93. The van der Waals surface area contributed by atoms with Crippen LogP contribution in [0, 0.1) is 0 Å². The van der Waals surface area contributed by atoms with Crippen molar-refractivity contribution in [2.45, 2.75) is 39.7 Å². The number of hydrogen-bond acceptors (Lipinski definition) is 1. The first-order valence-electron chi connectivity index (χ1n) is 3.87. The van der Waals surface area contributed by atoms with Crippen LogP contribution in [0.25, 0.3) is 0 Å². The topological polar surface area (TPSA) is 29.1 Å². The Morgan fingerprint density at radius 1 is 1.45 bits per heavy atom. The maximum absolute atomic E-state index is 11.2. The van der Waals surface area contributed by atoms with Crippen LogP contribution < -0.4 is 5.32 Å². The van der Waals surface area contributed by atoms with E-state index in [4.69, 9.17) is 0 Å². The predicted molar refractivity (Wildman–Crippen MR) is 47.3 cm³/mol. The highest BCUT2D eigenvalue weighted by Gasteiger charge is 2.14. The van der Waals surface area contributed by atoms with Gasteiger partial charge in [0.2, 0.25) is 5.91 Å². The van der Waals surface area contributed by atoms with Crippen molar-refractivity contribution in [3.63, 3.8) is 0 Å². The summed E-state index contributed by atoms with van der Waals surface area (Å²) in [5.74, 6) is -0.0417. The lowest BCUT2D eigenvalue weighted by Gasteiger charge is -2.20. The van der Waals surface area contributed by atoms with Gasteiger partial charge in [-0.2, -0.15) is 0 Å². The fraction of sp³-hybridized carbons (Fsp3) is 0.667. The third-order valence-corrected chi connectivity index (χ3v) is 1.24. The Bertz CT molecular complexity index is 165. The molecule has 0 aliphatic carbocycles. The van der Waals surface area contributed by atoms with Crippen LogP contribution in [0.3, 0.4) is 0 Å². The van der Waals surface area contributed by atoms with Crippen molar-refractivity contribution in [1.82, 2.24) is 5.32 Å². The van der Waals surface area contributed by atoms with Gasteiger partial charge in [-0.25, -0.2) is 0 Å². The van der Waals surface area contributed by atoms with Gasteiger partial charge in [-0.3, -0.25) is 4.79 Å². The zero-order valence-electron chi connectivity index (χ0n) is 7.82. The highest BCUT2D eigenvalue weighted by Crippen LogP contribution is 2.03. The van der Waals surface area contributed by atoms with E-state index in [-0.39, 0.29) is 11.4 Å². The lowest BCUT2D eigenvalue weighted by molar-refractivity contribution is -0.118. The van der Waals surface area contributed by atoms with Gasteiger partial charge in [-0.05, 0) is 27.2 Å². The molecule has 0 radical (unpaired) electrons. The average molecular weight is 155 g/mol. The molecule has 11 heavy (non-hydrogen) atoms. The fourth-order valence-electron chi connectivity index (χ4n) is 0.590. The minimum Gasteiger partial charge on any atom is -0.348 e. The largest absolute Gasteiger partial charge is 0.348 e. The van der Waals surface area contributed by atoms with Crippen LogP contribution in [0.1, 0.15) is 34.1 Å². The fourth-order valence-corrected chi connectivity index (χ4v) is 0.590. The second kappa shape index (κ2) is 3.56. The first kappa shape index (κ1) is 10.2. The van der Waals surface area contributed by atoms with Gasteiger partial charge in [0, 0.05) is 11.1 Å². The zero-order chi connectivity index (χ0) is 9.07. The summed E-state index contributed by atoms with van der Waals surface area (Å²) < 4.78 is 0. The third kappa shape index (κ3) is 4.59. The van der Waals surface area contributed by atoms with E-state index in [9.17, 15) is 4.79 Å². The summed E-state index contributed by atoms with van der Waals surface area (Å²) in [6, 6.07) is 0. The summed E-state index contributed by atoms with van der Waals surface area (Å²) in [5.41, 5.74) is 0.481. The Morgan fingerprint density at radius 2 is 1.91 bits per heavy atom. The molecule has 0 aromatic carbocycles. The second-order valence-corrected chi connectivity index (χ2v) is 3.66. The van der Waals surface area contributed by atoms with Gasteiger partial charge in [0.25, 0.3) is 0 Å². The molecule has 0 saturated heterocycles. The summed E-state index contributed by atoms with van der Waals surface area (Å²) in [7, 11) is 0. The Labute approximate surface area is 68.7 Å². The van der Waals surface area contributed by atoms with Crippen molar-refractivity contribution in [2.75, 3.05) is 0 Å². The highest BCUT2D eigenvalue weighted by atomic mass is 16.1. The summed E-state index contributed by atoms with van der Waals surface area (Å²) >= 11 is 0. The number of carbonyl (C=O) groups is 1. The van der Waals surface area contributed by atoms with E-state index < -0.39 is 0 Å². The number of rotatable bonds is 2. The molecular weight excluding hydrogens is 138 g/mol. The molecule has 64 valence electrons. The van der Waals surface area contributed by atoms with Gasteiger partial charge in [-0.1, -0.05) is 13.5 Å². The Hall–Kier alpha value is -0.790. The molecule has 0 aromatic rings. The van der Waals surface area contributed by atoms with Crippen molar-refractivity contribution in [2.24, 2.45) is 0 Å². The maximum Gasteiger partial charge on any atom is 0.246 e. The lowest BCUT2D eigenvalue weighted by atomic mass is 10.1. The van der Waals surface area contributed by atoms with Crippen LogP contribution >= 0.6 is 0 Å². The smallest absolute Gasteiger partial charge is 0.246 e. The molecule has 0 unspecified atom stereocenters. The molecular formula is C9H17NO. The summed E-state index contributed by atoms with van der Waals surface area (Å²) in [6.45, 7) is 11.4. The van der Waals surface area contributed by atoms with Gasteiger partial charge in [-0.15, -0.1) is 0 Å². The first-order valence-corrected chi connectivity index (χ1v) is 3.87. The Morgan fingerprint density at radius 3 is 2.18 bits per heavy atom. The van der Waals surface area contributed by atoms with Crippen LogP contribution in [-0.2, 0) is 4.79 Å². The molecule has 0 rings (SSSR count).